The van der Waals surface area contributed by atoms with Crippen molar-refractivity contribution >= 4 is 22.8 Å². The van der Waals surface area contributed by atoms with Crippen molar-refractivity contribution in [2.45, 2.75) is 13.0 Å². The van der Waals surface area contributed by atoms with Crippen LogP contribution in [-0.4, -0.2) is 15.9 Å². The molecule has 0 spiro atoms. The summed E-state index contributed by atoms with van der Waals surface area (Å²) >= 11 is 0. The van der Waals surface area contributed by atoms with Crippen molar-refractivity contribution in [1.29, 1.82) is 0 Å². The molecule has 1 aromatic carbocycles. The molecule has 1 atom stereocenters. The second kappa shape index (κ2) is 5.38. The molecule has 0 saturated heterocycles. The molecule has 2 heterocycles. The number of pyridine rings is 1. The largest absolute Gasteiger partial charge is 0.326 e. The lowest BCUT2D eigenvalue weighted by atomic mass is 10.1. The first-order valence-corrected chi connectivity index (χ1v) is 6.74. The molecule has 0 fully saturated rings. The second-order valence-electron chi connectivity index (χ2n) is 4.99. The van der Waals surface area contributed by atoms with E-state index < -0.39 is 0 Å². The Labute approximate surface area is 122 Å². The maximum atomic E-state index is 12.2. The molecule has 5 nitrogen and oxygen atoms in total. The standard InChI is InChI=1S/C16H16N4O/c1-10(17)11-4-6-12(7-5-11)16(21)20-14-9-13-3-2-8-18-15(13)19-14/h2-10H,17H2,1H3,(H,18,19)(H,20,21)/t10-/m1/s1. The highest BCUT2D eigenvalue weighted by Crippen LogP contribution is 2.17. The molecule has 0 unspecified atom stereocenters. The Bertz CT molecular complexity index is 741. The number of carbonyl (C=O) groups excluding carboxylic acids is 1. The van der Waals surface area contributed by atoms with E-state index in [2.05, 4.69) is 15.3 Å². The smallest absolute Gasteiger partial charge is 0.256 e. The van der Waals surface area contributed by atoms with Crippen LogP contribution in [0.15, 0.2) is 48.7 Å². The maximum Gasteiger partial charge on any atom is 0.256 e. The normalized spacial score (nSPS) is 12.3. The number of fused-ring (bicyclic) bond motifs is 1. The Balaban J connectivity index is 1.79. The van der Waals surface area contributed by atoms with Crippen LogP contribution < -0.4 is 11.1 Å². The van der Waals surface area contributed by atoms with E-state index in [1.54, 1.807) is 18.3 Å². The number of amides is 1. The van der Waals surface area contributed by atoms with Crippen molar-refractivity contribution < 1.29 is 4.79 Å². The van der Waals surface area contributed by atoms with Crippen LogP contribution in [0.5, 0.6) is 0 Å². The van der Waals surface area contributed by atoms with Gasteiger partial charge in [-0.15, -0.1) is 0 Å². The van der Waals surface area contributed by atoms with Crippen LogP contribution in [0.3, 0.4) is 0 Å². The lowest BCUT2D eigenvalue weighted by Crippen LogP contribution is -2.12. The molecule has 0 radical (unpaired) electrons. The number of nitrogens with two attached hydrogens (primary N) is 1. The van der Waals surface area contributed by atoms with E-state index in [-0.39, 0.29) is 11.9 Å². The van der Waals surface area contributed by atoms with Crippen molar-refractivity contribution in [1.82, 2.24) is 9.97 Å². The molecule has 3 aromatic rings. The first-order valence-electron chi connectivity index (χ1n) is 6.74. The molecule has 0 aliphatic carbocycles. The number of hydrogen-bond donors (Lipinski definition) is 3. The van der Waals surface area contributed by atoms with Gasteiger partial charge in [0.2, 0.25) is 0 Å². The van der Waals surface area contributed by atoms with Gasteiger partial charge in [0.1, 0.15) is 11.5 Å². The summed E-state index contributed by atoms with van der Waals surface area (Å²) in [6.07, 6.45) is 1.71. The van der Waals surface area contributed by atoms with Crippen LogP contribution in [0.1, 0.15) is 28.9 Å². The number of rotatable bonds is 3. The fourth-order valence-electron chi connectivity index (χ4n) is 2.16. The molecule has 3 rings (SSSR count). The summed E-state index contributed by atoms with van der Waals surface area (Å²) in [5, 5.41) is 3.79. The molecule has 2 aromatic heterocycles. The van der Waals surface area contributed by atoms with Gasteiger partial charge in [-0.1, -0.05) is 12.1 Å². The van der Waals surface area contributed by atoms with Crippen LogP contribution >= 0.6 is 0 Å². The average Bonchev–Trinajstić information content (AvgIpc) is 2.89. The molecule has 5 heteroatoms. The summed E-state index contributed by atoms with van der Waals surface area (Å²) in [5.41, 5.74) is 8.13. The van der Waals surface area contributed by atoms with E-state index in [0.29, 0.717) is 11.4 Å². The third kappa shape index (κ3) is 2.78. The summed E-state index contributed by atoms with van der Waals surface area (Å²) in [5.74, 6) is 0.461. The van der Waals surface area contributed by atoms with Gasteiger partial charge in [0.05, 0.1) is 0 Å². The summed E-state index contributed by atoms with van der Waals surface area (Å²) in [7, 11) is 0. The minimum absolute atomic E-state index is 0.0399. The molecule has 0 saturated carbocycles. The molecular formula is C16H16N4O. The van der Waals surface area contributed by atoms with Gasteiger partial charge in [0.25, 0.3) is 5.91 Å². The van der Waals surface area contributed by atoms with Gasteiger partial charge in [0.15, 0.2) is 0 Å². The number of benzene rings is 1. The Kier molecular flexibility index (Phi) is 3.41. The van der Waals surface area contributed by atoms with E-state index in [9.17, 15) is 4.79 Å². The summed E-state index contributed by atoms with van der Waals surface area (Å²) in [4.78, 5) is 19.4. The number of anilines is 1. The van der Waals surface area contributed by atoms with E-state index in [4.69, 9.17) is 5.73 Å². The zero-order valence-electron chi connectivity index (χ0n) is 11.6. The van der Waals surface area contributed by atoms with Crippen LogP contribution in [0.4, 0.5) is 5.82 Å². The number of aromatic amines is 1. The maximum absolute atomic E-state index is 12.2. The first-order chi connectivity index (χ1) is 10.1. The molecule has 4 N–H and O–H groups in total. The predicted octanol–water partition coefficient (Wildman–Crippen LogP) is 2.83. The first kappa shape index (κ1) is 13.3. The number of aromatic nitrogens is 2. The van der Waals surface area contributed by atoms with Gasteiger partial charge in [0, 0.05) is 23.2 Å². The van der Waals surface area contributed by atoms with Crippen LogP contribution in [0.25, 0.3) is 11.0 Å². The Hall–Kier alpha value is -2.66. The summed E-state index contributed by atoms with van der Waals surface area (Å²) in [6.45, 7) is 1.91. The minimum Gasteiger partial charge on any atom is -0.326 e. The lowest BCUT2D eigenvalue weighted by molar-refractivity contribution is 0.102. The lowest BCUT2D eigenvalue weighted by Gasteiger charge is -2.07. The highest BCUT2D eigenvalue weighted by Gasteiger charge is 2.09. The third-order valence-corrected chi connectivity index (χ3v) is 3.34. The van der Waals surface area contributed by atoms with Crippen LogP contribution in [-0.2, 0) is 0 Å². The van der Waals surface area contributed by atoms with Crippen molar-refractivity contribution in [3.63, 3.8) is 0 Å². The van der Waals surface area contributed by atoms with E-state index in [0.717, 1.165) is 16.6 Å². The number of hydrogen-bond acceptors (Lipinski definition) is 3. The van der Waals surface area contributed by atoms with E-state index >= 15 is 0 Å². The summed E-state index contributed by atoms with van der Waals surface area (Å²) < 4.78 is 0. The number of nitrogens with one attached hydrogen (secondary N) is 2. The van der Waals surface area contributed by atoms with Gasteiger partial charge in [-0.3, -0.25) is 4.79 Å². The van der Waals surface area contributed by atoms with Gasteiger partial charge < -0.3 is 16.0 Å². The van der Waals surface area contributed by atoms with Crippen LogP contribution in [0.2, 0.25) is 0 Å². The third-order valence-electron chi connectivity index (χ3n) is 3.34. The Morgan fingerprint density at radius 2 is 2.05 bits per heavy atom. The van der Waals surface area contributed by atoms with Crippen molar-refractivity contribution in [2.24, 2.45) is 5.73 Å². The summed E-state index contributed by atoms with van der Waals surface area (Å²) in [6, 6.07) is 12.9. The van der Waals surface area contributed by atoms with E-state index in [1.807, 2.05) is 37.3 Å². The topological polar surface area (TPSA) is 83.8 Å². The van der Waals surface area contributed by atoms with Crippen molar-refractivity contribution in [3.05, 3.63) is 59.8 Å². The van der Waals surface area contributed by atoms with Gasteiger partial charge in [-0.05, 0) is 42.8 Å². The number of carbonyl (C=O) groups is 1. The van der Waals surface area contributed by atoms with E-state index in [1.165, 1.54) is 0 Å². The minimum atomic E-state index is -0.169. The monoisotopic (exact) mass is 280 g/mol. The Morgan fingerprint density at radius 1 is 1.29 bits per heavy atom. The van der Waals surface area contributed by atoms with Gasteiger partial charge >= 0.3 is 0 Å². The molecular weight excluding hydrogens is 264 g/mol. The fraction of sp³-hybridized carbons (Fsp3) is 0.125. The quantitative estimate of drug-likeness (QED) is 0.689. The zero-order chi connectivity index (χ0) is 14.8. The highest BCUT2D eigenvalue weighted by atomic mass is 16.1. The zero-order valence-corrected chi connectivity index (χ0v) is 11.6. The van der Waals surface area contributed by atoms with Gasteiger partial charge in [-0.2, -0.15) is 0 Å². The molecule has 106 valence electrons. The van der Waals surface area contributed by atoms with Gasteiger partial charge in [-0.25, -0.2) is 4.98 Å². The average molecular weight is 280 g/mol. The second-order valence-corrected chi connectivity index (χ2v) is 4.99. The van der Waals surface area contributed by atoms with Crippen LogP contribution in [0, 0.1) is 0 Å². The molecule has 21 heavy (non-hydrogen) atoms. The fourth-order valence-corrected chi connectivity index (χ4v) is 2.16. The predicted molar refractivity (Wildman–Crippen MR) is 83.1 cm³/mol. The molecule has 0 aliphatic heterocycles. The molecule has 0 bridgehead atoms. The SMILES string of the molecule is C[C@@H](N)c1ccc(C(=O)Nc2cc3cccnc3[nH]2)cc1. The highest BCUT2D eigenvalue weighted by molar-refractivity contribution is 6.04. The Morgan fingerprint density at radius 3 is 2.71 bits per heavy atom. The number of H-pyrrole nitrogens is 1. The number of nitrogens with zero attached hydrogens (tertiary/aromatic N) is 1. The molecule has 0 aliphatic rings. The molecule has 1 amide bonds. The van der Waals surface area contributed by atoms with Crippen molar-refractivity contribution in [2.75, 3.05) is 5.32 Å². The van der Waals surface area contributed by atoms with Crippen molar-refractivity contribution in [3.8, 4) is 0 Å².